The smallest absolute Gasteiger partial charge is 0.249 e. The van der Waals surface area contributed by atoms with E-state index in [4.69, 9.17) is 0 Å². The molecule has 0 saturated carbocycles. The number of hydrogen-bond donors (Lipinski definition) is 2. The van der Waals surface area contributed by atoms with Crippen molar-refractivity contribution in [1.29, 1.82) is 0 Å². The molecule has 1 atom stereocenters. The maximum Gasteiger partial charge on any atom is 0.249 e. The maximum atomic E-state index is 12.5. The summed E-state index contributed by atoms with van der Waals surface area (Å²) in [6, 6.07) is 9.28. The average Bonchev–Trinajstić information content (AvgIpc) is 2.88. The van der Waals surface area contributed by atoms with E-state index in [0.29, 0.717) is 12.8 Å². The molecule has 1 aliphatic heterocycles. The quantitative estimate of drug-likeness (QED) is 0.541. The number of aromatic nitrogens is 2. The monoisotopic (exact) mass is 353 g/mol. The molecular weight excluding hydrogens is 334 g/mol. The van der Waals surface area contributed by atoms with Crippen LogP contribution in [-0.4, -0.2) is 34.5 Å². The molecule has 2 N–H and O–H groups in total. The van der Waals surface area contributed by atoms with Crippen LogP contribution in [-0.2, 0) is 9.59 Å². The number of pyridine rings is 1. The van der Waals surface area contributed by atoms with E-state index in [9.17, 15) is 14.4 Å². The van der Waals surface area contributed by atoms with Gasteiger partial charge in [0.25, 0.3) is 0 Å². The van der Waals surface area contributed by atoms with Gasteiger partial charge in [-0.15, -0.1) is 0 Å². The van der Waals surface area contributed by atoms with E-state index in [-0.39, 0.29) is 11.8 Å². The molecule has 3 heterocycles. The van der Waals surface area contributed by atoms with Crippen LogP contribution in [0.5, 0.6) is 0 Å². The van der Waals surface area contributed by atoms with Crippen LogP contribution in [0.4, 0.5) is 0 Å². The van der Waals surface area contributed by atoms with Crippen LogP contribution >= 0.6 is 0 Å². The lowest BCUT2D eigenvalue weighted by atomic mass is 10.1. The van der Waals surface area contributed by atoms with Gasteiger partial charge in [-0.25, -0.2) is 4.98 Å². The fraction of sp³-hybridized carbons (Fsp3) is 0.278. The first-order chi connectivity index (χ1) is 11.9. The first-order valence-electron chi connectivity index (χ1n) is 8.31. The summed E-state index contributed by atoms with van der Waals surface area (Å²) < 4.78 is 1.91. The van der Waals surface area contributed by atoms with Crippen LogP contribution in [0.1, 0.15) is 18.9 Å². The number of hydrogen-bond acceptors (Lipinski definition) is 4. The summed E-state index contributed by atoms with van der Waals surface area (Å²) in [7, 11) is -2.49. The third-order valence-corrected chi connectivity index (χ3v) is 6.51. The summed E-state index contributed by atoms with van der Waals surface area (Å²) >= 11 is 0. The standard InChI is InChI=1S/C18H19N3O3Si/c1-25(2,24)11-5-6-12-13-4-3-9-19-17(13)21(15(12)10-11)14-7-8-16(22)20-18(14)23/h3-6,9-10,14,24H,7-8H2,1-2H3,(H,20,22,23). The van der Waals surface area contributed by atoms with Gasteiger partial charge in [-0.2, -0.15) is 0 Å². The number of rotatable bonds is 2. The molecule has 128 valence electrons. The molecule has 1 aromatic carbocycles. The molecule has 1 aliphatic rings. The van der Waals surface area contributed by atoms with E-state index >= 15 is 0 Å². The molecule has 3 aromatic rings. The van der Waals surface area contributed by atoms with Crippen LogP contribution in [0.3, 0.4) is 0 Å². The number of amides is 2. The molecule has 7 heteroatoms. The number of fused-ring (bicyclic) bond motifs is 3. The van der Waals surface area contributed by atoms with Gasteiger partial charge in [0.15, 0.2) is 0 Å². The average molecular weight is 353 g/mol. The van der Waals surface area contributed by atoms with Crippen LogP contribution in [0.25, 0.3) is 21.9 Å². The fourth-order valence-corrected chi connectivity index (χ4v) is 4.48. The third-order valence-electron chi connectivity index (χ3n) is 4.79. The molecule has 1 fully saturated rings. The summed E-state index contributed by atoms with van der Waals surface area (Å²) in [6.45, 7) is 3.73. The highest BCUT2D eigenvalue weighted by Gasteiger charge is 2.31. The normalized spacial score (nSPS) is 18.8. The van der Waals surface area contributed by atoms with E-state index in [1.54, 1.807) is 6.20 Å². The Bertz CT molecular complexity index is 1020. The molecule has 1 saturated heterocycles. The number of piperidine rings is 1. The highest BCUT2D eigenvalue weighted by atomic mass is 28.4. The van der Waals surface area contributed by atoms with Crippen molar-refractivity contribution in [2.45, 2.75) is 32.0 Å². The van der Waals surface area contributed by atoms with Gasteiger partial charge in [-0.05, 0) is 42.9 Å². The zero-order chi connectivity index (χ0) is 17.8. The molecule has 2 aromatic heterocycles. The van der Waals surface area contributed by atoms with E-state index in [1.165, 1.54) is 0 Å². The Hall–Kier alpha value is -2.51. The minimum absolute atomic E-state index is 0.237. The van der Waals surface area contributed by atoms with E-state index in [1.807, 2.05) is 48.0 Å². The maximum absolute atomic E-state index is 12.5. The van der Waals surface area contributed by atoms with Crippen molar-refractivity contribution in [3.8, 4) is 0 Å². The summed E-state index contributed by atoms with van der Waals surface area (Å²) in [5, 5.41) is 5.28. The van der Waals surface area contributed by atoms with E-state index < -0.39 is 14.4 Å². The lowest BCUT2D eigenvalue weighted by Crippen LogP contribution is -2.42. The molecule has 0 bridgehead atoms. The van der Waals surface area contributed by atoms with Crippen molar-refractivity contribution in [3.63, 3.8) is 0 Å². The zero-order valence-electron chi connectivity index (χ0n) is 14.1. The molecule has 4 rings (SSSR count). The Kier molecular flexibility index (Phi) is 3.52. The van der Waals surface area contributed by atoms with Gasteiger partial charge in [0.05, 0.1) is 5.52 Å². The Morgan fingerprint density at radius 3 is 2.76 bits per heavy atom. The second-order valence-electron chi connectivity index (χ2n) is 7.00. The van der Waals surface area contributed by atoms with Gasteiger partial charge in [0, 0.05) is 23.4 Å². The first-order valence-corrected chi connectivity index (χ1v) is 11.3. The van der Waals surface area contributed by atoms with Gasteiger partial charge in [-0.1, -0.05) is 12.1 Å². The van der Waals surface area contributed by atoms with Crippen LogP contribution in [0.15, 0.2) is 36.5 Å². The van der Waals surface area contributed by atoms with Crippen LogP contribution in [0, 0.1) is 0 Å². The summed E-state index contributed by atoms with van der Waals surface area (Å²) in [5.74, 6) is -0.536. The SMILES string of the molecule is C[Si](C)(O)c1ccc2c3cccnc3n(C3CCC(=O)NC3=O)c2c1. The van der Waals surface area contributed by atoms with Crippen molar-refractivity contribution >= 4 is 47.3 Å². The van der Waals surface area contributed by atoms with Gasteiger partial charge < -0.3 is 9.36 Å². The minimum atomic E-state index is -2.49. The number of carbonyl (C=O) groups excluding carboxylic acids is 2. The fourth-order valence-electron chi connectivity index (χ4n) is 3.50. The largest absolute Gasteiger partial charge is 0.428 e. The van der Waals surface area contributed by atoms with Crippen molar-refractivity contribution in [3.05, 3.63) is 36.5 Å². The molecule has 2 amide bonds. The molecule has 6 nitrogen and oxygen atoms in total. The third kappa shape index (κ3) is 2.56. The molecule has 0 spiro atoms. The van der Waals surface area contributed by atoms with E-state index in [0.717, 1.165) is 27.1 Å². The predicted molar refractivity (Wildman–Crippen MR) is 98.0 cm³/mol. The van der Waals surface area contributed by atoms with Gasteiger partial charge in [-0.3, -0.25) is 14.9 Å². The Morgan fingerprint density at radius 1 is 1.24 bits per heavy atom. The first kappa shape index (κ1) is 16.0. The van der Waals surface area contributed by atoms with Gasteiger partial charge >= 0.3 is 0 Å². The lowest BCUT2D eigenvalue weighted by molar-refractivity contribution is -0.135. The van der Waals surface area contributed by atoms with Gasteiger partial charge in [0.2, 0.25) is 20.1 Å². The molecule has 1 unspecified atom stereocenters. The number of carbonyl (C=O) groups is 2. The van der Waals surface area contributed by atoms with Crippen molar-refractivity contribution in [2.24, 2.45) is 0 Å². The Labute approximate surface area is 145 Å². The molecule has 25 heavy (non-hydrogen) atoms. The Balaban J connectivity index is 2.02. The number of imide groups is 1. The summed E-state index contributed by atoms with van der Waals surface area (Å²) in [6.07, 6.45) is 2.46. The van der Waals surface area contributed by atoms with Crippen molar-refractivity contribution < 1.29 is 14.4 Å². The molecule has 0 radical (unpaired) electrons. The summed E-state index contributed by atoms with van der Waals surface area (Å²) in [4.78, 5) is 39.0. The van der Waals surface area contributed by atoms with Crippen LogP contribution in [0.2, 0.25) is 13.1 Å². The predicted octanol–water partition coefficient (Wildman–Crippen LogP) is 1.57. The number of nitrogens with one attached hydrogen (secondary N) is 1. The second kappa shape index (κ2) is 5.50. The van der Waals surface area contributed by atoms with Crippen LogP contribution < -0.4 is 10.5 Å². The zero-order valence-corrected chi connectivity index (χ0v) is 15.1. The number of nitrogens with zero attached hydrogens (tertiary/aromatic N) is 2. The molecular formula is C18H19N3O3Si. The minimum Gasteiger partial charge on any atom is -0.428 e. The number of benzene rings is 1. The van der Waals surface area contributed by atoms with E-state index in [2.05, 4.69) is 10.3 Å². The Morgan fingerprint density at radius 2 is 2.04 bits per heavy atom. The second-order valence-corrected chi connectivity index (χ2v) is 10.7. The molecule has 0 aliphatic carbocycles. The highest BCUT2D eigenvalue weighted by molar-refractivity contribution is 6.83. The highest BCUT2D eigenvalue weighted by Crippen LogP contribution is 2.33. The van der Waals surface area contributed by atoms with Gasteiger partial charge in [0.1, 0.15) is 11.7 Å². The summed E-state index contributed by atoms with van der Waals surface area (Å²) in [5.41, 5.74) is 1.59. The van der Waals surface area contributed by atoms with Crippen molar-refractivity contribution in [2.75, 3.05) is 0 Å². The topological polar surface area (TPSA) is 84.2 Å². The van der Waals surface area contributed by atoms with Crippen molar-refractivity contribution in [1.82, 2.24) is 14.9 Å². The lowest BCUT2D eigenvalue weighted by Gasteiger charge is -2.24.